The van der Waals surface area contributed by atoms with Gasteiger partial charge in [-0.15, -0.1) is 5.10 Å². The highest BCUT2D eigenvalue weighted by atomic mass is 16.5. The van der Waals surface area contributed by atoms with E-state index in [1.54, 1.807) is 17.3 Å². The fourth-order valence-corrected chi connectivity index (χ4v) is 5.04. The van der Waals surface area contributed by atoms with Crippen LogP contribution in [0.4, 0.5) is 17.4 Å². The summed E-state index contributed by atoms with van der Waals surface area (Å²) in [6.07, 6.45) is 2.30. The Hall–Kier alpha value is -3.78. The van der Waals surface area contributed by atoms with Crippen LogP contribution < -0.4 is 25.2 Å². The molecule has 3 aromatic rings. The zero-order chi connectivity index (χ0) is 26.6. The van der Waals surface area contributed by atoms with E-state index in [9.17, 15) is 9.90 Å². The molecule has 1 unspecified atom stereocenters. The molecular formula is C26H32N8O5. The summed E-state index contributed by atoms with van der Waals surface area (Å²) in [6.45, 7) is 8.43. The number of anilines is 3. The van der Waals surface area contributed by atoms with Gasteiger partial charge in [0.2, 0.25) is 0 Å². The van der Waals surface area contributed by atoms with Crippen LogP contribution in [0.2, 0.25) is 0 Å². The lowest BCUT2D eigenvalue weighted by Gasteiger charge is -2.30. The van der Waals surface area contributed by atoms with Gasteiger partial charge < -0.3 is 34.5 Å². The van der Waals surface area contributed by atoms with E-state index in [1.807, 2.05) is 24.3 Å². The molecule has 3 N–H and O–H groups in total. The molecular weight excluding hydrogens is 504 g/mol. The number of benzene rings is 1. The molecule has 3 aliphatic rings. The van der Waals surface area contributed by atoms with Crippen LogP contribution in [0, 0.1) is 0 Å². The molecule has 13 heteroatoms. The highest BCUT2D eigenvalue weighted by molar-refractivity contribution is 6.02. The Morgan fingerprint density at radius 1 is 1.15 bits per heavy atom. The van der Waals surface area contributed by atoms with Gasteiger partial charge in [0, 0.05) is 57.6 Å². The van der Waals surface area contributed by atoms with Crippen LogP contribution >= 0.6 is 0 Å². The topological polar surface area (TPSA) is 141 Å². The number of fused-ring (bicyclic) bond motifs is 1. The van der Waals surface area contributed by atoms with Crippen LogP contribution in [0.15, 0.2) is 41.1 Å². The lowest BCUT2D eigenvalue weighted by Crippen LogP contribution is -2.43. The molecule has 206 valence electrons. The van der Waals surface area contributed by atoms with Crippen molar-refractivity contribution in [3.8, 4) is 5.75 Å². The molecule has 1 aromatic carbocycles. The van der Waals surface area contributed by atoms with Crippen molar-refractivity contribution >= 4 is 23.3 Å². The number of nitrogens with zero attached hydrogens (tertiary/aromatic N) is 6. The molecule has 39 heavy (non-hydrogen) atoms. The van der Waals surface area contributed by atoms with Gasteiger partial charge in [-0.05, 0) is 23.8 Å². The minimum atomic E-state index is -1.00. The second-order valence-electron chi connectivity index (χ2n) is 9.64. The SMILES string of the molecule is O=C(Nc1cnccc1N1CCNCC1)c1nnc(N2Cc3ccc(OCCN4CCOCC4)cc3C2O)o1. The maximum Gasteiger partial charge on any atom is 0.321 e. The summed E-state index contributed by atoms with van der Waals surface area (Å²) in [7, 11) is 0. The quantitative estimate of drug-likeness (QED) is 0.376. The summed E-state index contributed by atoms with van der Waals surface area (Å²) < 4.78 is 17.0. The summed E-state index contributed by atoms with van der Waals surface area (Å²) >= 11 is 0. The number of piperazine rings is 1. The van der Waals surface area contributed by atoms with E-state index in [4.69, 9.17) is 13.9 Å². The smallest absolute Gasteiger partial charge is 0.321 e. The highest BCUT2D eigenvalue weighted by Gasteiger charge is 2.33. The van der Waals surface area contributed by atoms with E-state index in [0.717, 1.165) is 70.3 Å². The maximum atomic E-state index is 13.0. The minimum absolute atomic E-state index is 0.0622. The molecule has 1 amide bonds. The molecule has 2 saturated heterocycles. The number of pyridine rings is 1. The van der Waals surface area contributed by atoms with Gasteiger partial charge in [-0.1, -0.05) is 11.2 Å². The van der Waals surface area contributed by atoms with E-state index in [0.29, 0.717) is 30.2 Å². The van der Waals surface area contributed by atoms with Crippen molar-refractivity contribution in [3.63, 3.8) is 0 Å². The molecule has 3 aliphatic heterocycles. The molecule has 13 nitrogen and oxygen atoms in total. The largest absolute Gasteiger partial charge is 0.492 e. The van der Waals surface area contributed by atoms with Gasteiger partial charge in [-0.2, -0.15) is 0 Å². The number of carbonyl (C=O) groups is 1. The number of ether oxygens (including phenoxy) is 2. The Labute approximate surface area is 225 Å². The first-order valence-electron chi connectivity index (χ1n) is 13.2. The second-order valence-corrected chi connectivity index (χ2v) is 9.64. The van der Waals surface area contributed by atoms with Crippen molar-refractivity contribution in [2.45, 2.75) is 12.8 Å². The predicted molar refractivity (Wildman–Crippen MR) is 142 cm³/mol. The van der Waals surface area contributed by atoms with E-state index in [2.05, 4.69) is 35.6 Å². The van der Waals surface area contributed by atoms with Crippen molar-refractivity contribution in [3.05, 3.63) is 53.7 Å². The average molecular weight is 537 g/mol. The fourth-order valence-electron chi connectivity index (χ4n) is 5.04. The normalized spacial score (nSPS) is 19.7. The highest BCUT2D eigenvalue weighted by Crippen LogP contribution is 2.37. The summed E-state index contributed by atoms with van der Waals surface area (Å²) in [5, 5.41) is 25.1. The Balaban J connectivity index is 1.09. The lowest BCUT2D eigenvalue weighted by atomic mass is 10.1. The van der Waals surface area contributed by atoms with Crippen LogP contribution in [-0.4, -0.2) is 96.7 Å². The number of aromatic nitrogens is 3. The molecule has 2 fully saturated rings. The van der Waals surface area contributed by atoms with Crippen LogP contribution in [-0.2, 0) is 11.3 Å². The van der Waals surface area contributed by atoms with Gasteiger partial charge in [-0.25, -0.2) is 0 Å². The van der Waals surface area contributed by atoms with Gasteiger partial charge in [0.05, 0.1) is 37.3 Å². The van der Waals surface area contributed by atoms with E-state index >= 15 is 0 Å². The number of aliphatic hydroxyl groups excluding tert-OH is 1. The zero-order valence-corrected chi connectivity index (χ0v) is 21.6. The van der Waals surface area contributed by atoms with Crippen molar-refractivity contribution < 1.29 is 23.8 Å². The minimum Gasteiger partial charge on any atom is -0.492 e. The average Bonchev–Trinajstić information content (AvgIpc) is 3.59. The number of hydrogen-bond acceptors (Lipinski definition) is 12. The Kier molecular flexibility index (Phi) is 7.54. The van der Waals surface area contributed by atoms with E-state index in [-0.39, 0.29) is 11.9 Å². The second kappa shape index (κ2) is 11.5. The number of nitrogens with one attached hydrogen (secondary N) is 2. The Morgan fingerprint density at radius 2 is 2.00 bits per heavy atom. The molecule has 0 spiro atoms. The van der Waals surface area contributed by atoms with Gasteiger partial charge in [0.15, 0.2) is 6.23 Å². The van der Waals surface area contributed by atoms with Crippen LogP contribution in [0.25, 0.3) is 0 Å². The van der Waals surface area contributed by atoms with Gasteiger partial charge in [0.1, 0.15) is 12.4 Å². The molecule has 5 heterocycles. The summed E-state index contributed by atoms with van der Waals surface area (Å²) in [5.74, 6) is -0.0547. The molecule has 6 rings (SSSR count). The monoisotopic (exact) mass is 536 g/mol. The van der Waals surface area contributed by atoms with Crippen molar-refractivity contribution in [1.29, 1.82) is 0 Å². The van der Waals surface area contributed by atoms with E-state index in [1.165, 1.54) is 0 Å². The van der Waals surface area contributed by atoms with Crippen LogP contribution in [0.5, 0.6) is 5.75 Å². The fraction of sp³-hybridized carbons (Fsp3) is 0.462. The number of carbonyl (C=O) groups excluding carboxylic acids is 1. The lowest BCUT2D eigenvalue weighted by molar-refractivity contribution is 0.0322. The van der Waals surface area contributed by atoms with Gasteiger partial charge >= 0.3 is 17.8 Å². The molecule has 2 aromatic heterocycles. The molecule has 0 aliphatic carbocycles. The first kappa shape index (κ1) is 25.5. The first-order chi connectivity index (χ1) is 19.2. The van der Waals surface area contributed by atoms with Crippen molar-refractivity contribution in [2.24, 2.45) is 0 Å². The number of amides is 1. The summed E-state index contributed by atoms with van der Waals surface area (Å²) in [6, 6.07) is 7.59. The zero-order valence-electron chi connectivity index (χ0n) is 21.6. The third-order valence-corrected chi connectivity index (χ3v) is 7.17. The van der Waals surface area contributed by atoms with Crippen LogP contribution in [0.1, 0.15) is 28.0 Å². The standard InChI is InChI=1S/C26H32N8O5/c35-23(29-21-16-28-4-3-22(21)33-7-5-27-6-8-33)24-30-31-26(39-24)34-17-18-1-2-19(15-20(18)25(34)36)38-14-11-32-9-12-37-13-10-32/h1-4,15-16,25,27,36H,5-14,17H2,(H,29,35). The van der Waals surface area contributed by atoms with Gasteiger partial charge in [0.25, 0.3) is 0 Å². The van der Waals surface area contributed by atoms with Crippen molar-refractivity contribution in [1.82, 2.24) is 25.4 Å². The third-order valence-electron chi connectivity index (χ3n) is 7.17. The van der Waals surface area contributed by atoms with Crippen molar-refractivity contribution in [2.75, 3.05) is 80.8 Å². The summed E-state index contributed by atoms with van der Waals surface area (Å²) in [5.41, 5.74) is 3.08. The number of aliphatic hydroxyl groups is 1. The molecule has 0 bridgehead atoms. The maximum absolute atomic E-state index is 13.0. The third kappa shape index (κ3) is 5.66. The molecule has 0 radical (unpaired) electrons. The van der Waals surface area contributed by atoms with Gasteiger partial charge in [-0.3, -0.25) is 19.6 Å². The number of hydrogen-bond donors (Lipinski definition) is 3. The van der Waals surface area contributed by atoms with Crippen LogP contribution in [0.3, 0.4) is 0 Å². The Bertz CT molecular complexity index is 1290. The number of rotatable bonds is 8. The molecule has 1 atom stereocenters. The molecule has 0 saturated carbocycles. The van der Waals surface area contributed by atoms with E-state index < -0.39 is 12.1 Å². The Morgan fingerprint density at radius 3 is 2.85 bits per heavy atom. The predicted octanol–water partition coefficient (Wildman–Crippen LogP) is 0.849. The summed E-state index contributed by atoms with van der Waals surface area (Å²) in [4.78, 5) is 23.2. The number of morpholine rings is 1. The first-order valence-corrected chi connectivity index (χ1v) is 13.2.